The van der Waals surface area contributed by atoms with Crippen LogP contribution in [0.3, 0.4) is 0 Å². The monoisotopic (exact) mass is 431 g/mol. The molecule has 0 aromatic carbocycles. The Balaban J connectivity index is 1.62. The van der Waals surface area contributed by atoms with Gasteiger partial charge in [-0.2, -0.15) is 0 Å². The predicted octanol–water partition coefficient (Wildman–Crippen LogP) is 3.33. The largest absolute Gasteiger partial charge is 0.360 e. The third kappa shape index (κ3) is 4.40. The van der Waals surface area contributed by atoms with Crippen LogP contribution in [0, 0.1) is 6.92 Å². The molecule has 1 amide bonds. The van der Waals surface area contributed by atoms with E-state index < -0.39 is 0 Å². The van der Waals surface area contributed by atoms with Crippen LogP contribution in [0.15, 0.2) is 18.5 Å². The lowest BCUT2D eigenvalue weighted by molar-refractivity contribution is -0.119. The standard InChI is InChI=1S/C19H22ClN7OS/c1-10(19-22-8-16(20)29-19)23-18-14-6-17(21-7-15(14)24-11(2)25-18)27-5-4-13(9-27)26-12(3)28/h6-8,10,13H,4-5,9H2,1-3H3,(H,26,28)(H,23,24,25)/t10-,13-/m1/s1. The van der Waals surface area contributed by atoms with Crippen LogP contribution in [0.2, 0.25) is 4.34 Å². The van der Waals surface area contributed by atoms with Crippen LogP contribution >= 0.6 is 22.9 Å². The smallest absolute Gasteiger partial charge is 0.217 e. The molecule has 152 valence electrons. The summed E-state index contributed by atoms with van der Waals surface area (Å²) in [6.07, 6.45) is 4.34. The number of anilines is 2. The number of hydrogen-bond acceptors (Lipinski definition) is 8. The van der Waals surface area contributed by atoms with Crippen LogP contribution < -0.4 is 15.5 Å². The molecule has 3 aromatic rings. The zero-order chi connectivity index (χ0) is 20.5. The molecule has 4 heterocycles. The highest BCUT2D eigenvalue weighted by Gasteiger charge is 2.24. The van der Waals surface area contributed by atoms with E-state index in [0.29, 0.717) is 10.2 Å². The van der Waals surface area contributed by atoms with Crippen LogP contribution in [0.1, 0.15) is 37.1 Å². The molecular formula is C19H22ClN7OS. The van der Waals surface area contributed by atoms with E-state index in [4.69, 9.17) is 11.6 Å². The van der Waals surface area contributed by atoms with Crippen molar-refractivity contribution in [2.24, 2.45) is 0 Å². The summed E-state index contributed by atoms with van der Waals surface area (Å²) >= 11 is 7.47. The Morgan fingerprint density at radius 3 is 2.90 bits per heavy atom. The van der Waals surface area contributed by atoms with Gasteiger partial charge >= 0.3 is 0 Å². The van der Waals surface area contributed by atoms with Gasteiger partial charge in [-0.1, -0.05) is 11.6 Å². The van der Waals surface area contributed by atoms with E-state index in [9.17, 15) is 4.79 Å². The Hall–Kier alpha value is -2.52. The summed E-state index contributed by atoms with van der Waals surface area (Å²) in [6, 6.07) is 2.11. The molecule has 1 fully saturated rings. The van der Waals surface area contributed by atoms with Crippen LogP contribution in [0.25, 0.3) is 10.9 Å². The molecule has 1 aliphatic heterocycles. The maximum Gasteiger partial charge on any atom is 0.217 e. The van der Waals surface area contributed by atoms with Crippen molar-refractivity contribution in [1.82, 2.24) is 25.3 Å². The number of carbonyl (C=O) groups is 1. The summed E-state index contributed by atoms with van der Waals surface area (Å²) in [6.45, 7) is 7.01. The summed E-state index contributed by atoms with van der Waals surface area (Å²) in [5, 5.41) is 8.22. The summed E-state index contributed by atoms with van der Waals surface area (Å²) in [7, 11) is 0. The topological polar surface area (TPSA) is 95.9 Å². The molecule has 1 aliphatic rings. The van der Waals surface area contributed by atoms with Gasteiger partial charge in [-0.15, -0.1) is 11.3 Å². The van der Waals surface area contributed by atoms with E-state index in [1.165, 1.54) is 11.3 Å². The van der Waals surface area contributed by atoms with Crippen molar-refractivity contribution in [1.29, 1.82) is 0 Å². The minimum absolute atomic E-state index is 0.00467. The minimum atomic E-state index is -0.0439. The van der Waals surface area contributed by atoms with E-state index in [2.05, 4.69) is 35.5 Å². The van der Waals surface area contributed by atoms with E-state index in [1.807, 2.05) is 19.9 Å². The van der Waals surface area contributed by atoms with Crippen LogP contribution in [0.4, 0.5) is 11.6 Å². The van der Waals surface area contributed by atoms with Crippen molar-refractivity contribution in [2.45, 2.75) is 39.3 Å². The molecule has 8 nitrogen and oxygen atoms in total. The maximum absolute atomic E-state index is 11.3. The Labute approximate surface area is 177 Å². The Morgan fingerprint density at radius 2 is 2.17 bits per heavy atom. The summed E-state index contributed by atoms with van der Waals surface area (Å²) in [4.78, 5) is 31.6. The number of fused-ring (bicyclic) bond motifs is 1. The van der Waals surface area contributed by atoms with Gasteiger partial charge in [0.1, 0.15) is 26.8 Å². The fraction of sp³-hybridized carbons (Fsp3) is 0.421. The Kier molecular flexibility index (Phi) is 5.51. The maximum atomic E-state index is 11.3. The van der Waals surface area contributed by atoms with Crippen LogP contribution in [-0.2, 0) is 4.79 Å². The van der Waals surface area contributed by atoms with Crippen molar-refractivity contribution in [3.63, 3.8) is 0 Å². The number of amides is 1. The molecular weight excluding hydrogens is 410 g/mol. The SMILES string of the molecule is CC(=O)N[C@@H]1CCN(c2cc3c(N[C@H](C)c4ncc(Cl)s4)nc(C)nc3cn2)C1. The third-order valence-corrected chi connectivity index (χ3v) is 6.12. The number of carbonyl (C=O) groups excluding carboxylic acids is 1. The van der Waals surface area contributed by atoms with Gasteiger partial charge in [0.2, 0.25) is 5.91 Å². The molecule has 2 atom stereocenters. The number of nitrogens with one attached hydrogen (secondary N) is 2. The fourth-order valence-corrected chi connectivity index (χ4v) is 4.46. The highest BCUT2D eigenvalue weighted by Crippen LogP contribution is 2.30. The first-order valence-electron chi connectivity index (χ1n) is 9.43. The second-order valence-corrected chi connectivity index (χ2v) is 8.87. The zero-order valence-corrected chi connectivity index (χ0v) is 18.0. The van der Waals surface area contributed by atoms with Gasteiger partial charge in [-0.05, 0) is 26.3 Å². The lowest BCUT2D eigenvalue weighted by Crippen LogP contribution is -2.35. The molecule has 3 aromatic heterocycles. The molecule has 4 rings (SSSR count). The highest BCUT2D eigenvalue weighted by molar-refractivity contribution is 7.15. The molecule has 0 unspecified atom stereocenters. The predicted molar refractivity (Wildman–Crippen MR) is 116 cm³/mol. The summed E-state index contributed by atoms with van der Waals surface area (Å²) in [5.74, 6) is 2.26. The summed E-state index contributed by atoms with van der Waals surface area (Å²) < 4.78 is 0.659. The van der Waals surface area contributed by atoms with Crippen molar-refractivity contribution in [2.75, 3.05) is 23.3 Å². The number of nitrogens with zero attached hydrogens (tertiary/aromatic N) is 5. The first-order chi connectivity index (χ1) is 13.9. The molecule has 0 spiro atoms. The molecule has 29 heavy (non-hydrogen) atoms. The third-order valence-electron chi connectivity index (χ3n) is 4.82. The van der Waals surface area contributed by atoms with E-state index in [0.717, 1.165) is 47.1 Å². The highest BCUT2D eigenvalue weighted by atomic mass is 35.5. The average Bonchev–Trinajstić information content (AvgIpc) is 3.30. The van der Waals surface area contributed by atoms with Gasteiger partial charge in [0.15, 0.2) is 0 Å². The molecule has 0 saturated carbocycles. The number of aryl methyl sites for hydroxylation is 1. The Morgan fingerprint density at radius 1 is 1.34 bits per heavy atom. The van der Waals surface area contributed by atoms with E-state index >= 15 is 0 Å². The average molecular weight is 432 g/mol. The van der Waals surface area contributed by atoms with Gasteiger partial charge in [0.25, 0.3) is 0 Å². The number of aromatic nitrogens is 4. The molecule has 2 N–H and O–H groups in total. The van der Waals surface area contributed by atoms with Gasteiger partial charge in [0, 0.05) is 31.4 Å². The van der Waals surface area contributed by atoms with Crippen molar-refractivity contribution in [3.05, 3.63) is 33.6 Å². The first-order valence-corrected chi connectivity index (χ1v) is 10.6. The van der Waals surface area contributed by atoms with Gasteiger partial charge in [-0.25, -0.2) is 19.9 Å². The van der Waals surface area contributed by atoms with E-state index in [-0.39, 0.29) is 18.0 Å². The second-order valence-electron chi connectivity index (χ2n) is 7.18. The molecule has 0 aliphatic carbocycles. The van der Waals surface area contributed by atoms with Gasteiger partial charge in [-0.3, -0.25) is 4.79 Å². The minimum Gasteiger partial charge on any atom is -0.360 e. The number of rotatable bonds is 5. The van der Waals surface area contributed by atoms with Crippen molar-refractivity contribution in [3.8, 4) is 0 Å². The first kappa shape index (κ1) is 19.8. The zero-order valence-electron chi connectivity index (χ0n) is 16.4. The molecule has 1 saturated heterocycles. The van der Waals surface area contributed by atoms with Crippen molar-refractivity contribution >= 4 is 51.4 Å². The molecule has 0 radical (unpaired) electrons. The number of thiazole rings is 1. The fourth-order valence-electron chi connectivity index (χ4n) is 3.53. The molecule has 0 bridgehead atoms. The molecule has 10 heteroatoms. The summed E-state index contributed by atoms with van der Waals surface area (Å²) in [5.41, 5.74) is 0.783. The Bertz CT molecular complexity index is 1060. The number of hydrogen-bond donors (Lipinski definition) is 2. The lowest BCUT2D eigenvalue weighted by Gasteiger charge is -2.19. The van der Waals surface area contributed by atoms with Crippen LogP contribution in [0.5, 0.6) is 0 Å². The number of pyridine rings is 1. The van der Waals surface area contributed by atoms with Crippen LogP contribution in [-0.4, -0.2) is 45.0 Å². The van der Waals surface area contributed by atoms with Crippen molar-refractivity contribution < 1.29 is 4.79 Å². The number of halogens is 1. The lowest BCUT2D eigenvalue weighted by atomic mass is 10.2. The van der Waals surface area contributed by atoms with Gasteiger partial charge < -0.3 is 15.5 Å². The van der Waals surface area contributed by atoms with Gasteiger partial charge in [0.05, 0.1) is 24.0 Å². The normalized spacial score (nSPS) is 17.5. The second kappa shape index (κ2) is 8.08. The quantitative estimate of drug-likeness (QED) is 0.639. The van der Waals surface area contributed by atoms with E-state index in [1.54, 1.807) is 19.3 Å².